The first-order valence-electron chi connectivity index (χ1n) is 16.0. The highest BCUT2D eigenvalue weighted by molar-refractivity contribution is 6.70. The van der Waals surface area contributed by atoms with Crippen LogP contribution in [0.5, 0.6) is 0 Å². The van der Waals surface area contributed by atoms with E-state index in [9.17, 15) is 4.79 Å². The normalized spacial score (nSPS) is 42.1. The molecule has 6 heteroatoms. The summed E-state index contributed by atoms with van der Waals surface area (Å²) in [6, 6.07) is 0. The summed E-state index contributed by atoms with van der Waals surface area (Å²) in [5.41, 5.74) is 0.850. The van der Waals surface area contributed by atoms with E-state index in [0.717, 1.165) is 36.5 Å². The molecule has 38 heavy (non-hydrogen) atoms. The van der Waals surface area contributed by atoms with E-state index in [1.807, 2.05) is 0 Å². The smallest absolute Gasteiger partial charge is 0.305 e. The number of carbonyl (C=O) groups excluding carboxylic acids is 1. The topological polar surface area (TPSA) is 44.8 Å². The van der Waals surface area contributed by atoms with Gasteiger partial charge in [-0.1, -0.05) is 20.8 Å². The third kappa shape index (κ3) is 6.33. The third-order valence-corrected chi connectivity index (χ3v) is 13.7. The molecule has 0 spiro atoms. The zero-order chi connectivity index (χ0) is 28.1. The number of rotatable bonds is 9. The van der Waals surface area contributed by atoms with Gasteiger partial charge in [0.05, 0.1) is 7.11 Å². The summed E-state index contributed by atoms with van der Waals surface area (Å²) in [5, 5.41) is 0. The maximum atomic E-state index is 11.7. The second-order valence-electron chi connectivity index (χ2n) is 16.3. The van der Waals surface area contributed by atoms with Crippen molar-refractivity contribution >= 4 is 22.6 Å². The van der Waals surface area contributed by atoms with Crippen molar-refractivity contribution in [3.63, 3.8) is 0 Å². The molecule has 10 atom stereocenters. The van der Waals surface area contributed by atoms with Crippen molar-refractivity contribution in [3.05, 3.63) is 0 Å². The largest absolute Gasteiger partial charge is 0.469 e. The average molecular weight is 565 g/mol. The second-order valence-corrected chi connectivity index (χ2v) is 25.2. The molecule has 4 aliphatic carbocycles. The molecule has 0 saturated heterocycles. The predicted molar refractivity (Wildman–Crippen MR) is 162 cm³/mol. The molecule has 0 amide bonds. The van der Waals surface area contributed by atoms with Crippen LogP contribution in [0.15, 0.2) is 0 Å². The van der Waals surface area contributed by atoms with E-state index in [1.165, 1.54) is 58.5 Å². The molecule has 0 bridgehead atoms. The molecule has 0 aromatic rings. The minimum absolute atomic E-state index is 0.0606. The molecule has 4 saturated carbocycles. The van der Waals surface area contributed by atoms with E-state index in [0.29, 0.717) is 41.3 Å². The Labute approximate surface area is 237 Å². The highest BCUT2D eigenvalue weighted by Crippen LogP contribution is 2.69. The summed E-state index contributed by atoms with van der Waals surface area (Å²) in [4.78, 5) is 11.7. The van der Waals surface area contributed by atoms with Crippen LogP contribution in [0.25, 0.3) is 0 Å². The van der Waals surface area contributed by atoms with Crippen molar-refractivity contribution in [1.29, 1.82) is 0 Å². The van der Waals surface area contributed by atoms with Crippen LogP contribution in [0.2, 0.25) is 39.3 Å². The van der Waals surface area contributed by atoms with E-state index in [1.54, 1.807) is 0 Å². The fourth-order valence-corrected chi connectivity index (χ4v) is 12.6. The van der Waals surface area contributed by atoms with Crippen LogP contribution in [0, 0.1) is 46.3 Å². The van der Waals surface area contributed by atoms with Gasteiger partial charge < -0.3 is 13.6 Å². The van der Waals surface area contributed by atoms with Crippen LogP contribution in [-0.4, -0.2) is 41.9 Å². The Morgan fingerprint density at radius 2 is 1.50 bits per heavy atom. The van der Waals surface area contributed by atoms with Crippen LogP contribution in [-0.2, 0) is 18.4 Å². The number of fused-ring (bicyclic) bond motifs is 5. The van der Waals surface area contributed by atoms with Crippen LogP contribution < -0.4 is 0 Å². The lowest BCUT2D eigenvalue weighted by Crippen LogP contribution is -2.60. The van der Waals surface area contributed by atoms with Gasteiger partial charge in [-0.3, -0.25) is 4.79 Å². The van der Waals surface area contributed by atoms with Crippen molar-refractivity contribution < 1.29 is 18.4 Å². The van der Waals surface area contributed by atoms with E-state index in [2.05, 4.69) is 60.1 Å². The van der Waals surface area contributed by atoms with Gasteiger partial charge in [-0.25, -0.2) is 0 Å². The maximum absolute atomic E-state index is 11.7. The van der Waals surface area contributed by atoms with E-state index < -0.39 is 16.6 Å². The molecule has 0 heterocycles. The first-order valence-corrected chi connectivity index (χ1v) is 22.8. The number of carbonyl (C=O) groups is 1. The minimum atomic E-state index is -1.66. The standard InChI is InChI=1S/C32H60O4Si2/c1-22(12-11-13-29(33)34-4)25-14-15-26-30-27(17-19-32(25,26)3)31(2)18-16-24(35-37(5,6)7)20-23(31)21-28(30)36-38(8,9)10/h22-28,30H,11-21H2,1-10H3/t22-,23?,24-,25?,26?,27?,28+,30?,31+,32-/m1/s1. The number of hydrogen-bond donors (Lipinski definition) is 0. The molecule has 0 aliphatic heterocycles. The monoisotopic (exact) mass is 564 g/mol. The lowest BCUT2D eigenvalue weighted by atomic mass is 9.43. The van der Waals surface area contributed by atoms with E-state index in [4.69, 9.17) is 13.6 Å². The molecular weight excluding hydrogens is 505 g/mol. The Balaban J connectivity index is 1.55. The predicted octanol–water partition coefficient (Wildman–Crippen LogP) is 8.67. The molecule has 0 radical (unpaired) electrons. The summed E-state index contributed by atoms with van der Waals surface area (Å²) in [7, 11) is -1.69. The zero-order valence-electron chi connectivity index (χ0n) is 26.5. The van der Waals surface area contributed by atoms with Gasteiger partial charge in [0, 0.05) is 18.6 Å². The Kier molecular flexibility index (Phi) is 9.11. The summed E-state index contributed by atoms with van der Waals surface area (Å²) in [6.45, 7) is 22.0. The average Bonchev–Trinajstić information content (AvgIpc) is 3.15. The summed E-state index contributed by atoms with van der Waals surface area (Å²) in [6.07, 6.45) is 14.1. The minimum Gasteiger partial charge on any atom is -0.469 e. The number of esters is 1. The zero-order valence-corrected chi connectivity index (χ0v) is 28.5. The fourth-order valence-electron chi connectivity index (χ4n) is 10.2. The van der Waals surface area contributed by atoms with Crippen LogP contribution >= 0.6 is 0 Å². The Morgan fingerprint density at radius 3 is 2.13 bits per heavy atom. The Bertz CT molecular complexity index is 834. The lowest BCUT2D eigenvalue weighted by molar-refractivity contribution is -0.168. The van der Waals surface area contributed by atoms with Gasteiger partial charge >= 0.3 is 5.97 Å². The highest BCUT2D eigenvalue weighted by Gasteiger charge is 2.63. The summed E-state index contributed by atoms with van der Waals surface area (Å²) < 4.78 is 18.8. The van der Waals surface area contributed by atoms with Gasteiger partial charge in [0.25, 0.3) is 0 Å². The summed E-state index contributed by atoms with van der Waals surface area (Å²) in [5.74, 6) is 4.40. The maximum Gasteiger partial charge on any atom is 0.305 e. The van der Waals surface area contributed by atoms with Gasteiger partial charge in [-0.05, 0) is 150 Å². The van der Waals surface area contributed by atoms with Gasteiger partial charge in [0.2, 0.25) is 0 Å². The molecule has 4 rings (SSSR count). The van der Waals surface area contributed by atoms with Crippen molar-refractivity contribution in [2.45, 2.75) is 143 Å². The number of ether oxygens (including phenoxy) is 1. The molecular formula is C32H60O4Si2. The first kappa shape index (κ1) is 30.8. The van der Waals surface area contributed by atoms with Crippen LogP contribution in [0.1, 0.15) is 91.4 Å². The van der Waals surface area contributed by atoms with Crippen molar-refractivity contribution in [1.82, 2.24) is 0 Å². The van der Waals surface area contributed by atoms with Gasteiger partial charge in [0.15, 0.2) is 16.6 Å². The van der Waals surface area contributed by atoms with Gasteiger partial charge in [0.1, 0.15) is 0 Å². The molecule has 220 valence electrons. The van der Waals surface area contributed by atoms with E-state index in [-0.39, 0.29) is 5.97 Å². The summed E-state index contributed by atoms with van der Waals surface area (Å²) >= 11 is 0. The van der Waals surface area contributed by atoms with Crippen LogP contribution in [0.4, 0.5) is 0 Å². The number of methoxy groups -OCH3 is 1. The molecule has 4 nitrogen and oxygen atoms in total. The Morgan fingerprint density at radius 1 is 0.868 bits per heavy atom. The SMILES string of the molecule is COC(=O)CCC[C@@H](C)C1CCC2C3C(CC[C@@]21C)[C@@]1(C)CC[C@@H](O[Si](C)(C)C)CC1C[C@@H]3O[Si](C)(C)C. The number of hydrogen-bond acceptors (Lipinski definition) is 4. The molecule has 4 fully saturated rings. The quantitative estimate of drug-likeness (QED) is 0.208. The highest BCUT2D eigenvalue weighted by atomic mass is 28.4. The lowest BCUT2D eigenvalue weighted by Gasteiger charge is -2.64. The molecule has 0 N–H and O–H groups in total. The molecule has 5 unspecified atom stereocenters. The van der Waals surface area contributed by atoms with E-state index >= 15 is 0 Å². The fraction of sp³-hybridized carbons (Fsp3) is 0.969. The molecule has 4 aliphatic rings. The van der Waals surface area contributed by atoms with Gasteiger partial charge in [-0.15, -0.1) is 0 Å². The van der Waals surface area contributed by atoms with Crippen molar-refractivity contribution in [2.75, 3.05) is 7.11 Å². The van der Waals surface area contributed by atoms with Crippen molar-refractivity contribution in [2.24, 2.45) is 46.3 Å². The molecule has 0 aromatic heterocycles. The van der Waals surface area contributed by atoms with Crippen LogP contribution in [0.3, 0.4) is 0 Å². The molecule has 0 aromatic carbocycles. The Hall–Kier alpha value is -0.176. The van der Waals surface area contributed by atoms with Crippen molar-refractivity contribution in [3.8, 4) is 0 Å². The van der Waals surface area contributed by atoms with Gasteiger partial charge in [-0.2, -0.15) is 0 Å². The third-order valence-electron chi connectivity index (χ3n) is 11.7. The second kappa shape index (κ2) is 11.2. The first-order chi connectivity index (χ1) is 17.6.